The van der Waals surface area contributed by atoms with Crippen molar-refractivity contribution >= 4 is 11.7 Å². The first kappa shape index (κ1) is 13.5. The summed E-state index contributed by atoms with van der Waals surface area (Å²) in [6.45, 7) is 1.73. The first-order valence-electron chi connectivity index (χ1n) is 5.59. The van der Waals surface area contributed by atoms with E-state index in [0.717, 1.165) is 18.2 Å². The van der Waals surface area contributed by atoms with E-state index in [9.17, 15) is 14.9 Å². The molecule has 0 amide bonds. The first-order valence-corrected chi connectivity index (χ1v) is 5.59. The zero-order valence-electron chi connectivity index (χ0n) is 10.4. The summed E-state index contributed by atoms with van der Waals surface area (Å²) in [7, 11) is 0. The summed E-state index contributed by atoms with van der Waals surface area (Å²) in [5, 5.41) is 19.9. The van der Waals surface area contributed by atoms with Crippen molar-refractivity contribution in [2.75, 3.05) is 0 Å². The van der Waals surface area contributed by atoms with Crippen molar-refractivity contribution in [3.05, 3.63) is 57.9 Å². The molecule has 7 nitrogen and oxygen atoms in total. The summed E-state index contributed by atoms with van der Waals surface area (Å²) in [4.78, 5) is 25.1. The summed E-state index contributed by atoms with van der Waals surface area (Å²) >= 11 is 0. The Labute approximate surface area is 113 Å². The van der Waals surface area contributed by atoms with Crippen LogP contribution in [0.15, 0.2) is 36.7 Å². The number of aryl methyl sites for hydroxylation is 1. The molecule has 0 radical (unpaired) electrons. The monoisotopic (exact) mass is 274 g/mol. The van der Waals surface area contributed by atoms with Gasteiger partial charge in [0.05, 0.1) is 10.5 Å². The molecule has 0 aliphatic rings. The summed E-state index contributed by atoms with van der Waals surface area (Å²) in [6, 6.07) is 4.94. The third kappa shape index (κ3) is 2.72. The van der Waals surface area contributed by atoms with Gasteiger partial charge >= 0.3 is 11.7 Å². The molecule has 0 bridgehead atoms. The number of aromatic nitrogens is 1. The maximum absolute atomic E-state index is 10.9. The van der Waals surface area contributed by atoms with Crippen LogP contribution in [0.4, 0.5) is 5.69 Å². The predicted molar refractivity (Wildman–Crippen MR) is 69.1 cm³/mol. The van der Waals surface area contributed by atoms with Crippen LogP contribution >= 0.6 is 0 Å². The highest BCUT2D eigenvalue weighted by molar-refractivity contribution is 5.88. The minimum atomic E-state index is -1.18. The van der Waals surface area contributed by atoms with Crippen molar-refractivity contribution in [2.45, 2.75) is 6.92 Å². The minimum Gasteiger partial charge on any atom is -0.478 e. The molecule has 0 aliphatic heterocycles. The summed E-state index contributed by atoms with van der Waals surface area (Å²) in [5.41, 5.74) is 0.297. The predicted octanol–water partition coefficient (Wildman–Crippen LogP) is 2.79. The number of nitro benzene ring substituents is 1. The van der Waals surface area contributed by atoms with E-state index < -0.39 is 10.9 Å². The topological polar surface area (TPSA) is 103 Å². The van der Waals surface area contributed by atoms with Gasteiger partial charge < -0.3 is 9.84 Å². The average molecular weight is 274 g/mol. The van der Waals surface area contributed by atoms with Gasteiger partial charge in [0.25, 0.3) is 0 Å². The Morgan fingerprint density at radius 2 is 2.10 bits per heavy atom. The van der Waals surface area contributed by atoms with E-state index in [0.29, 0.717) is 11.3 Å². The van der Waals surface area contributed by atoms with E-state index in [-0.39, 0.29) is 17.0 Å². The Balaban J connectivity index is 2.48. The molecule has 7 heteroatoms. The highest BCUT2D eigenvalue weighted by Gasteiger charge is 2.19. The molecule has 0 aliphatic carbocycles. The zero-order valence-corrected chi connectivity index (χ0v) is 10.4. The van der Waals surface area contributed by atoms with Crippen LogP contribution < -0.4 is 4.74 Å². The quantitative estimate of drug-likeness (QED) is 0.679. The van der Waals surface area contributed by atoms with Crippen LogP contribution in [-0.4, -0.2) is 21.0 Å². The Hall–Kier alpha value is -2.96. The van der Waals surface area contributed by atoms with Gasteiger partial charge in [0.1, 0.15) is 5.75 Å². The second kappa shape index (κ2) is 5.35. The van der Waals surface area contributed by atoms with Gasteiger partial charge in [0.15, 0.2) is 0 Å². The van der Waals surface area contributed by atoms with Gasteiger partial charge in [-0.15, -0.1) is 0 Å². The number of nitro groups is 1. The van der Waals surface area contributed by atoms with Crippen molar-refractivity contribution in [2.24, 2.45) is 0 Å². The van der Waals surface area contributed by atoms with E-state index in [1.165, 1.54) is 6.20 Å². The molecule has 1 aromatic carbocycles. The number of hydrogen-bond donors (Lipinski definition) is 1. The van der Waals surface area contributed by atoms with Crippen LogP contribution in [0.25, 0.3) is 0 Å². The van der Waals surface area contributed by atoms with Crippen LogP contribution in [0.2, 0.25) is 0 Å². The maximum atomic E-state index is 10.9. The lowest BCUT2D eigenvalue weighted by molar-refractivity contribution is -0.385. The first-order chi connectivity index (χ1) is 9.49. The fourth-order valence-electron chi connectivity index (χ4n) is 1.57. The third-order valence-corrected chi connectivity index (χ3v) is 2.59. The number of benzene rings is 1. The molecule has 0 atom stereocenters. The van der Waals surface area contributed by atoms with E-state index >= 15 is 0 Å². The maximum Gasteiger partial charge on any atom is 0.335 e. The fraction of sp³-hybridized carbons (Fsp3) is 0.0769. The van der Waals surface area contributed by atoms with Crippen molar-refractivity contribution in [3.8, 4) is 11.5 Å². The fourth-order valence-corrected chi connectivity index (χ4v) is 1.57. The van der Waals surface area contributed by atoms with Gasteiger partial charge in [-0.3, -0.25) is 15.1 Å². The standard InChI is InChI=1S/C13H10N2O5/c1-8-7-14-5-4-11(8)20-12-6-9(13(16)17)2-3-10(12)15(18)19/h2-7H,1H3,(H,16,17). The molecule has 0 fully saturated rings. The number of aromatic carboxylic acids is 1. The largest absolute Gasteiger partial charge is 0.478 e. The van der Waals surface area contributed by atoms with E-state index in [4.69, 9.17) is 9.84 Å². The highest BCUT2D eigenvalue weighted by atomic mass is 16.6. The molecule has 2 aromatic rings. The van der Waals surface area contributed by atoms with Gasteiger partial charge in [0, 0.05) is 30.1 Å². The normalized spacial score (nSPS) is 10.1. The molecule has 0 saturated heterocycles. The van der Waals surface area contributed by atoms with Gasteiger partial charge in [-0.05, 0) is 19.1 Å². The van der Waals surface area contributed by atoms with Crippen molar-refractivity contribution in [1.82, 2.24) is 4.98 Å². The Morgan fingerprint density at radius 1 is 1.35 bits per heavy atom. The summed E-state index contributed by atoms with van der Waals surface area (Å²) < 4.78 is 5.45. The smallest absolute Gasteiger partial charge is 0.335 e. The van der Waals surface area contributed by atoms with Crippen LogP contribution in [-0.2, 0) is 0 Å². The van der Waals surface area contributed by atoms with Crippen molar-refractivity contribution < 1.29 is 19.6 Å². The summed E-state index contributed by atoms with van der Waals surface area (Å²) in [6.07, 6.45) is 3.03. The Morgan fingerprint density at radius 3 is 2.70 bits per heavy atom. The van der Waals surface area contributed by atoms with Crippen LogP contribution in [0.1, 0.15) is 15.9 Å². The number of pyridine rings is 1. The number of ether oxygens (including phenoxy) is 1. The van der Waals surface area contributed by atoms with Crippen LogP contribution in [0.3, 0.4) is 0 Å². The molecule has 1 heterocycles. The molecule has 2 rings (SSSR count). The van der Waals surface area contributed by atoms with E-state index in [2.05, 4.69) is 4.98 Å². The molecule has 0 spiro atoms. The van der Waals surface area contributed by atoms with Crippen molar-refractivity contribution in [3.63, 3.8) is 0 Å². The lowest BCUT2D eigenvalue weighted by atomic mass is 10.2. The van der Waals surface area contributed by atoms with Crippen LogP contribution in [0, 0.1) is 17.0 Å². The van der Waals surface area contributed by atoms with E-state index in [1.54, 1.807) is 19.2 Å². The second-order valence-electron chi connectivity index (χ2n) is 3.99. The zero-order chi connectivity index (χ0) is 14.7. The lowest BCUT2D eigenvalue weighted by Gasteiger charge is -2.09. The number of rotatable bonds is 4. The Bertz CT molecular complexity index is 684. The molecule has 1 N–H and O–H groups in total. The SMILES string of the molecule is Cc1cnccc1Oc1cc(C(=O)O)ccc1[N+](=O)[O-]. The molecular weight excluding hydrogens is 264 g/mol. The number of carboxylic acid groups (broad SMARTS) is 1. The summed E-state index contributed by atoms with van der Waals surface area (Å²) in [5.74, 6) is -0.925. The highest BCUT2D eigenvalue weighted by Crippen LogP contribution is 2.33. The Kier molecular flexibility index (Phi) is 3.60. The number of carbonyl (C=O) groups is 1. The van der Waals surface area contributed by atoms with Gasteiger partial charge in [0.2, 0.25) is 5.75 Å². The van der Waals surface area contributed by atoms with Crippen LogP contribution in [0.5, 0.6) is 11.5 Å². The number of hydrogen-bond acceptors (Lipinski definition) is 5. The molecule has 1 aromatic heterocycles. The third-order valence-electron chi connectivity index (χ3n) is 2.59. The lowest BCUT2D eigenvalue weighted by Crippen LogP contribution is -2.00. The molecule has 0 unspecified atom stereocenters. The van der Waals surface area contributed by atoms with Crippen molar-refractivity contribution in [1.29, 1.82) is 0 Å². The number of nitrogens with zero attached hydrogens (tertiary/aromatic N) is 2. The second-order valence-corrected chi connectivity index (χ2v) is 3.99. The molecular formula is C13H10N2O5. The average Bonchev–Trinajstić information content (AvgIpc) is 2.41. The van der Waals surface area contributed by atoms with Gasteiger partial charge in [-0.1, -0.05) is 0 Å². The van der Waals surface area contributed by atoms with Gasteiger partial charge in [-0.25, -0.2) is 4.79 Å². The molecule has 0 saturated carbocycles. The minimum absolute atomic E-state index is 0.0858. The molecule has 102 valence electrons. The van der Waals surface area contributed by atoms with Gasteiger partial charge in [-0.2, -0.15) is 0 Å². The number of carboxylic acids is 1. The molecule has 20 heavy (non-hydrogen) atoms. The van der Waals surface area contributed by atoms with E-state index in [1.807, 2.05) is 0 Å².